The molecular formula is C8H13NY-2. The molecular weight excluding hydrogens is 199 g/mol. The summed E-state index contributed by atoms with van der Waals surface area (Å²) in [5, 5.41) is 0. The minimum Gasteiger partial charge on any atom is -0.451 e. The molecule has 0 aliphatic rings. The summed E-state index contributed by atoms with van der Waals surface area (Å²) in [5.74, 6) is 0. The second kappa shape index (κ2) is 9.38. The van der Waals surface area contributed by atoms with Gasteiger partial charge in [0.2, 0.25) is 0 Å². The Labute approximate surface area is 88.7 Å². The maximum atomic E-state index is 2.89. The van der Waals surface area contributed by atoms with Crippen molar-refractivity contribution in [1.82, 2.24) is 4.57 Å². The molecule has 2 heteroatoms. The number of aromatic nitrogens is 1. The number of nitrogens with zero attached hydrogens (tertiary/aromatic N) is 1. The van der Waals surface area contributed by atoms with E-state index in [1.807, 2.05) is 50.3 Å². The van der Waals surface area contributed by atoms with Gasteiger partial charge in [-0.2, -0.15) is 13.8 Å². The van der Waals surface area contributed by atoms with E-state index in [4.69, 9.17) is 0 Å². The van der Waals surface area contributed by atoms with Crippen LogP contribution in [0.15, 0.2) is 18.5 Å². The van der Waals surface area contributed by atoms with Crippen LogP contribution in [0.5, 0.6) is 0 Å². The van der Waals surface area contributed by atoms with Gasteiger partial charge in [-0.3, -0.25) is 0 Å². The number of hydrogen-bond donors (Lipinski definition) is 0. The Kier molecular flexibility index (Phi) is 12.2. The van der Waals surface area contributed by atoms with Crippen molar-refractivity contribution in [2.75, 3.05) is 0 Å². The summed E-state index contributed by atoms with van der Waals surface area (Å²) in [4.78, 5) is 0. The molecule has 1 radical (unpaired) electrons. The summed E-state index contributed by atoms with van der Waals surface area (Å²) in [7, 11) is 1.97. The van der Waals surface area contributed by atoms with Crippen LogP contribution in [-0.2, 0) is 39.8 Å². The van der Waals surface area contributed by atoms with Crippen LogP contribution in [-0.4, -0.2) is 4.57 Å². The smallest absolute Gasteiger partial charge is 0 e. The molecule has 0 saturated carbocycles. The second-order valence-electron chi connectivity index (χ2n) is 1.85. The summed E-state index contributed by atoms with van der Waals surface area (Å²) in [6.45, 7) is 4.00. The summed E-state index contributed by atoms with van der Waals surface area (Å²) >= 11 is 0. The number of rotatable bonds is 0. The zero-order chi connectivity index (χ0) is 7.11. The molecule has 1 aromatic heterocycles. The Hall–Kier alpha value is 0.384. The SMILES string of the molecule is C[CH-]C.Cn1c[c-]cc1.[Y]. The third-order valence-electron chi connectivity index (χ3n) is 0.684. The van der Waals surface area contributed by atoms with Crippen molar-refractivity contribution < 1.29 is 32.7 Å². The normalized spacial score (nSPS) is 7.10. The standard InChI is InChI=1S/C5H6N.C3H7.Y/c1-6-4-2-3-5-6;1-3-2;/h2,4-5H,1H3;3H,1-2H3;/q2*-1;. The zero-order valence-corrected chi connectivity index (χ0v) is 9.67. The van der Waals surface area contributed by atoms with E-state index in [1.165, 1.54) is 0 Å². The van der Waals surface area contributed by atoms with Gasteiger partial charge >= 0.3 is 0 Å². The molecule has 0 amide bonds. The predicted molar refractivity (Wildman–Crippen MR) is 39.9 cm³/mol. The summed E-state index contributed by atoms with van der Waals surface area (Å²) in [6, 6.07) is 4.77. The fourth-order valence-corrected chi connectivity index (χ4v) is 0.364. The molecule has 0 aromatic carbocycles. The van der Waals surface area contributed by atoms with Crippen LogP contribution < -0.4 is 0 Å². The van der Waals surface area contributed by atoms with Gasteiger partial charge in [0.15, 0.2) is 0 Å². The average Bonchev–Trinajstić information content (AvgIpc) is 2.20. The quantitative estimate of drug-likeness (QED) is 0.580. The molecule has 1 nitrogen and oxygen atoms in total. The van der Waals surface area contributed by atoms with E-state index < -0.39 is 0 Å². The van der Waals surface area contributed by atoms with Gasteiger partial charge in [-0.25, -0.2) is 12.1 Å². The Balaban J connectivity index is 0. The third kappa shape index (κ3) is 8.38. The van der Waals surface area contributed by atoms with Crippen molar-refractivity contribution in [3.8, 4) is 0 Å². The molecule has 0 fully saturated rings. The molecule has 0 aliphatic carbocycles. The zero-order valence-electron chi connectivity index (χ0n) is 6.83. The van der Waals surface area contributed by atoms with Gasteiger partial charge in [0, 0.05) is 32.7 Å². The van der Waals surface area contributed by atoms with Crippen LogP contribution in [0, 0.1) is 12.5 Å². The van der Waals surface area contributed by atoms with Crippen LogP contribution in [0.2, 0.25) is 0 Å². The van der Waals surface area contributed by atoms with E-state index in [1.54, 1.807) is 0 Å². The van der Waals surface area contributed by atoms with E-state index in [9.17, 15) is 0 Å². The molecule has 0 unspecified atom stereocenters. The van der Waals surface area contributed by atoms with E-state index in [-0.39, 0.29) is 32.7 Å². The molecule has 0 bridgehead atoms. The van der Waals surface area contributed by atoms with Crippen LogP contribution in [0.1, 0.15) is 13.8 Å². The largest absolute Gasteiger partial charge is 0.451 e. The molecule has 0 aliphatic heterocycles. The summed E-state index contributed by atoms with van der Waals surface area (Å²) in [5.41, 5.74) is 0. The third-order valence-corrected chi connectivity index (χ3v) is 0.684. The van der Waals surface area contributed by atoms with Gasteiger partial charge in [-0.15, -0.1) is 12.4 Å². The summed E-state index contributed by atoms with van der Waals surface area (Å²) < 4.78 is 1.94. The van der Waals surface area contributed by atoms with E-state index in [0.29, 0.717) is 0 Å². The fraction of sp³-hybridized carbons (Fsp3) is 0.375. The van der Waals surface area contributed by atoms with Crippen LogP contribution in [0.4, 0.5) is 0 Å². The van der Waals surface area contributed by atoms with Crippen LogP contribution >= 0.6 is 0 Å². The Morgan fingerprint density at radius 2 is 1.90 bits per heavy atom. The molecule has 0 spiro atoms. The molecule has 10 heavy (non-hydrogen) atoms. The van der Waals surface area contributed by atoms with Gasteiger partial charge in [0.1, 0.15) is 0 Å². The van der Waals surface area contributed by atoms with Crippen molar-refractivity contribution in [2.45, 2.75) is 13.8 Å². The Morgan fingerprint density at radius 3 is 2.00 bits per heavy atom. The second-order valence-corrected chi connectivity index (χ2v) is 1.85. The average molecular weight is 212 g/mol. The molecule has 1 rings (SSSR count). The minimum absolute atomic E-state index is 0. The van der Waals surface area contributed by atoms with Gasteiger partial charge < -0.3 is 11.0 Å². The maximum Gasteiger partial charge on any atom is 0 e. The first-order chi connectivity index (χ1) is 4.31. The van der Waals surface area contributed by atoms with E-state index in [0.717, 1.165) is 0 Å². The van der Waals surface area contributed by atoms with Crippen molar-refractivity contribution >= 4 is 0 Å². The maximum absolute atomic E-state index is 2.89. The van der Waals surface area contributed by atoms with Crippen molar-refractivity contribution in [2.24, 2.45) is 7.05 Å². The fourth-order valence-electron chi connectivity index (χ4n) is 0.364. The summed E-state index contributed by atoms with van der Waals surface area (Å²) in [6.07, 6.45) is 5.82. The van der Waals surface area contributed by atoms with Gasteiger partial charge in [0.05, 0.1) is 0 Å². The number of aryl methyl sites for hydroxylation is 1. The van der Waals surface area contributed by atoms with Gasteiger partial charge in [-0.1, -0.05) is 0 Å². The molecule has 1 aromatic rings. The molecule has 1 heterocycles. The van der Waals surface area contributed by atoms with E-state index in [2.05, 4.69) is 6.07 Å². The van der Waals surface area contributed by atoms with E-state index >= 15 is 0 Å². The van der Waals surface area contributed by atoms with Gasteiger partial charge in [0.25, 0.3) is 0 Å². The monoisotopic (exact) mass is 212 g/mol. The molecule has 0 atom stereocenters. The van der Waals surface area contributed by atoms with Gasteiger partial charge in [-0.05, 0) is 7.05 Å². The predicted octanol–water partition coefficient (Wildman–Crippen LogP) is 2.05. The van der Waals surface area contributed by atoms with Crippen molar-refractivity contribution in [3.05, 3.63) is 30.9 Å². The number of hydrogen-bond acceptors (Lipinski definition) is 0. The molecule has 0 saturated heterocycles. The Morgan fingerprint density at radius 1 is 1.40 bits per heavy atom. The first-order valence-corrected chi connectivity index (χ1v) is 3.03. The molecule has 55 valence electrons. The first kappa shape index (κ1) is 13.0. The van der Waals surface area contributed by atoms with Crippen molar-refractivity contribution in [3.63, 3.8) is 0 Å². The van der Waals surface area contributed by atoms with Crippen LogP contribution in [0.25, 0.3) is 0 Å². The topological polar surface area (TPSA) is 4.93 Å². The minimum atomic E-state index is 0. The van der Waals surface area contributed by atoms with Crippen LogP contribution in [0.3, 0.4) is 0 Å². The van der Waals surface area contributed by atoms with Crippen molar-refractivity contribution in [1.29, 1.82) is 0 Å². The Bertz CT molecular complexity index is 124. The molecule has 0 N–H and O–H groups in total. The first-order valence-electron chi connectivity index (χ1n) is 3.03.